The summed E-state index contributed by atoms with van der Waals surface area (Å²) in [6, 6.07) is -1.78. The Bertz CT molecular complexity index is 290. The van der Waals surface area contributed by atoms with Gasteiger partial charge in [0.2, 0.25) is 0 Å². The van der Waals surface area contributed by atoms with Crippen molar-refractivity contribution < 1.29 is 35.5 Å². The maximum atomic E-state index is 10.2. The van der Waals surface area contributed by atoms with Gasteiger partial charge in [-0.25, -0.2) is 0 Å². The van der Waals surface area contributed by atoms with Crippen LogP contribution >= 0.6 is 0 Å². The van der Waals surface area contributed by atoms with Crippen LogP contribution in [-0.2, 0) is 9.59 Å². The lowest BCUT2D eigenvalue weighted by Gasteiger charge is -2.09. The van der Waals surface area contributed by atoms with Gasteiger partial charge < -0.3 is 48.8 Å². The van der Waals surface area contributed by atoms with Crippen molar-refractivity contribution in [2.24, 2.45) is 22.9 Å². The fourth-order valence-electron chi connectivity index (χ4n) is 1.23. The lowest BCUT2D eigenvalue weighted by Crippen LogP contribution is -2.32. The number of aliphatic carboxylic acids is 2. The molecular formula is C12H30N4O7. The van der Waals surface area contributed by atoms with E-state index in [-0.39, 0.29) is 31.4 Å². The standard InChI is InChI=1S/2C6H14N2O3.H2O/c2*7-3-4(9)1-2-5(8)6(10)11;/h2*4-5,9H,1-3,7-8H2,(H,10,11);1H2/t2*4?,5-;/m00./s1. The summed E-state index contributed by atoms with van der Waals surface area (Å²) in [7, 11) is 0. The summed E-state index contributed by atoms with van der Waals surface area (Å²) >= 11 is 0. The zero-order valence-electron chi connectivity index (χ0n) is 13.0. The second-order valence-electron chi connectivity index (χ2n) is 4.82. The molecule has 140 valence electrons. The normalized spacial score (nSPS) is 15.2. The number of hydrogen-bond donors (Lipinski definition) is 8. The summed E-state index contributed by atoms with van der Waals surface area (Å²) in [5.41, 5.74) is 20.5. The quantitative estimate of drug-likeness (QED) is 0.192. The molecule has 0 heterocycles. The molecule has 11 heteroatoms. The number of aliphatic hydroxyl groups excluding tert-OH is 2. The molecular weight excluding hydrogens is 312 g/mol. The lowest BCUT2D eigenvalue weighted by molar-refractivity contribution is -0.139. The van der Waals surface area contributed by atoms with E-state index >= 15 is 0 Å². The number of hydrogen-bond acceptors (Lipinski definition) is 8. The number of carboxylic acid groups (broad SMARTS) is 2. The van der Waals surface area contributed by atoms with E-state index in [1.54, 1.807) is 0 Å². The van der Waals surface area contributed by atoms with Crippen molar-refractivity contribution >= 4 is 11.9 Å². The minimum absolute atomic E-state index is 0. The second-order valence-corrected chi connectivity index (χ2v) is 4.82. The van der Waals surface area contributed by atoms with Crippen LogP contribution in [0, 0.1) is 0 Å². The molecule has 0 aromatic heterocycles. The lowest BCUT2D eigenvalue weighted by atomic mass is 10.1. The fraction of sp³-hybridized carbons (Fsp3) is 0.833. The first-order chi connectivity index (χ1) is 10.1. The molecule has 23 heavy (non-hydrogen) atoms. The third-order valence-corrected chi connectivity index (χ3v) is 2.80. The Labute approximate surface area is 134 Å². The molecule has 0 spiro atoms. The van der Waals surface area contributed by atoms with Crippen LogP contribution < -0.4 is 22.9 Å². The molecule has 2 unspecified atom stereocenters. The predicted octanol–water partition coefficient (Wildman–Crippen LogP) is -3.83. The van der Waals surface area contributed by atoms with Crippen molar-refractivity contribution in [1.29, 1.82) is 0 Å². The van der Waals surface area contributed by atoms with Gasteiger partial charge in [-0.1, -0.05) is 0 Å². The van der Waals surface area contributed by atoms with Crippen LogP contribution in [0.4, 0.5) is 0 Å². The molecule has 11 nitrogen and oxygen atoms in total. The van der Waals surface area contributed by atoms with Crippen LogP contribution in [0.1, 0.15) is 25.7 Å². The zero-order valence-corrected chi connectivity index (χ0v) is 13.0. The summed E-state index contributed by atoms with van der Waals surface area (Å²) in [6.45, 7) is 0.290. The number of carbonyl (C=O) groups is 2. The van der Waals surface area contributed by atoms with Crippen molar-refractivity contribution in [2.45, 2.75) is 50.0 Å². The fourth-order valence-corrected chi connectivity index (χ4v) is 1.23. The Morgan fingerprint density at radius 3 is 1.17 bits per heavy atom. The van der Waals surface area contributed by atoms with Crippen molar-refractivity contribution in [3.05, 3.63) is 0 Å². The highest BCUT2D eigenvalue weighted by Gasteiger charge is 2.13. The number of nitrogens with two attached hydrogens (primary N) is 4. The van der Waals surface area contributed by atoms with Gasteiger partial charge in [0.25, 0.3) is 0 Å². The van der Waals surface area contributed by atoms with Gasteiger partial charge in [0.15, 0.2) is 0 Å². The Hall–Kier alpha value is -1.34. The van der Waals surface area contributed by atoms with Crippen LogP contribution in [0.3, 0.4) is 0 Å². The molecule has 0 aromatic rings. The number of rotatable bonds is 10. The molecule has 0 saturated heterocycles. The van der Waals surface area contributed by atoms with E-state index < -0.39 is 36.2 Å². The minimum Gasteiger partial charge on any atom is -0.480 e. The van der Waals surface area contributed by atoms with Crippen molar-refractivity contribution in [3.8, 4) is 0 Å². The van der Waals surface area contributed by atoms with Gasteiger partial charge >= 0.3 is 11.9 Å². The third-order valence-electron chi connectivity index (χ3n) is 2.80. The van der Waals surface area contributed by atoms with E-state index in [4.69, 9.17) is 43.4 Å². The predicted molar refractivity (Wildman–Crippen MR) is 83.4 cm³/mol. The van der Waals surface area contributed by atoms with Gasteiger partial charge in [-0.15, -0.1) is 0 Å². The molecule has 0 saturated carbocycles. The van der Waals surface area contributed by atoms with E-state index in [1.165, 1.54) is 0 Å². The largest absolute Gasteiger partial charge is 0.480 e. The molecule has 0 amide bonds. The highest BCUT2D eigenvalue weighted by atomic mass is 16.4. The average molecular weight is 342 g/mol. The summed E-state index contributed by atoms with van der Waals surface area (Å²) in [5.74, 6) is -2.09. The van der Waals surface area contributed by atoms with E-state index in [9.17, 15) is 9.59 Å². The minimum atomic E-state index is -1.05. The van der Waals surface area contributed by atoms with Gasteiger partial charge in [-0.05, 0) is 25.7 Å². The number of carboxylic acids is 2. The molecule has 0 radical (unpaired) electrons. The topological polar surface area (TPSA) is 251 Å². The Balaban J connectivity index is -0.000000333. The molecule has 0 rings (SSSR count). The highest BCUT2D eigenvalue weighted by Crippen LogP contribution is 1.99. The smallest absolute Gasteiger partial charge is 0.320 e. The molecule has 0 fully saturated rings. The van der Waals surface area contributed by atoms with Crippen LogP contribution in [0.25, 0.3) is 0 Å². The Morgan fingerprint density at radius 2 is 1.00 bits per heavy atom. The summed E-state index contributed by atoms with van der Waals surface area (Å²) in [4.78, 5) is 20.3. The molecule has 0 aromatic carbocycles. The first-order valence-electron chi connectivity index (χ1n) is 6.88. The first-order valence-corrected chi connectivity index (χ1v) is 6.88. The third kappa shape index (κ3) is 16.9. The van der Waals surface area contributed by atoms with Crippen LogP contribution in [0.15, 0.2) is 0 Å². The first kappa shape index (κ1) is 26.6. The van der Waals surface area contributed by atoms with Gasteiger partial charge in [0.05, 0.1) is 12.2 Å². The van der Waals surface area contributed by atoms with Gasteiger partial charge in [-0.3, -0.25) is 9.59 Å². The molecule has 0 aliphatic rings. The van der Waals surface area contributed by atoms with Crippen molar-refractivity contribution in [3.63, 3.8) is 0 Å². The molecule has 0 bridgehead atoms. The second kappa shape index (κ2) is 15.6. The van der Waals surface area contributed by atoms with Crippen LogP contribution in [-0.4, -0.2) is 75.2 Å². The SMILES string of the molecule is NCC(O)CC[C@H](N)C(=O)O.NCC(O)CC[C@H](N)C(=O)O.O. The van der Waals surface area contributed by atoms with Gasteiger partial charge in [0.1, 0.15) is 12.1 Å². The van der Waals surface area contributed by atoms with Crippen LogP contribution in [0.2, 0.25) is 0 Å². The average Bonchev–Trinajstić information content (AvgIpc) is 2.49. The van der Waals surface area contributed by atoms with Gasteiger partial charge in [0, 0.05) is 13.1 Å². The Kier molecular flexibility index (Phi) is 18.0. The van der Waals surface area contributed by atoms with Crippen molar-refractivity contribution in [1.82, 2.24) is 0 Å². The molecule has 14 N–H and O–H groups in total. The summed E-state index contributed by atoms with van der Waals surface area (Å²) < 4.78 is 0. The molecule has 0 aliphatic carbocycles. The highest BCUT2D eigenvalue weighted by molar-refractivity contribution is 5.73. The Morgan fingerprint density at radius 1 is 0.739 bits per heavy atom. The molecule has 4 atom stereocenters. The molecule has 0 aliphatic heterocycles. The van der Waals surface area contributed by atoms with E-state index in [1.807, 2.05) is 0 Å². The van der Waals surface area contributed by atoms with Crippen molar-refractivity contribution in [2.75, 3.05) is 13.1 Å². The number of aliphatic hydroxyl groups is 2. The monoisotopic (exact) mass is 342 g/mol. The maximum absolute atomic E-state index is 10.2. The van der Waals surface area contributed by atoms with Crippen LogP contribution in [0.5, 0.6) is 0 Å². The van der Waals surface area contributed by atoms with Gasteiger partial charge in [-0.2, -0.15) is 0 Å². The van der Waals surface area contributed by atoms with E-state index in [0.29, 0.717) is 12.8 Å². The summed E-state index contributed by atoms with van der Waals surface area (Å²) in [6.07, 6.45) is -0.0872. The van der Waals surface area contributed by atoms with E-state index in [2.05, 4.69) is 0 Å². The van der Waals surface area contributed by atoms with E-state index in [0.717, 1.165) is 0 Å². The summed E-state index contributed by atoms with van der Waals surface area (Å²) in [5, 5.41) is 34.5. The maximum Gasteiger partial charge on any atom is 0.320 e. The zero-order chi connectivity index (χ0) is 17.7.